The Bertz CT molecular complexity index is 170. The maximum Gasteiger partial charge on any atom is 0.503 e. The fraction of sp³-hybridized carbons (Fsp3) is 0.400. The van der Waals surface area contributed by atoms with Gasteiger partial charge in [-0.15, -0.1) is 0 Å². The largest absolute Gasteiger partial charge is 0.503 e. The van der Waals surface area contributed by atoms with Crippen molar-refractivity contribution in [1.82, 2.24) is 0 Å². The Morgan fingerprint density at radius 2 is 1.50 bits per heavy atom. The summed E-state index contributed by atoms with van der Waals surface area (Å²) in [6.07, 6.45) is -7.15. The number of hydrogen-bond acceptors (Lipinski definition) is 1. The predicted octanol–water partition coefficient (Wildman–Crippen LogP) is 2.64. The normalized spacial score (nSPS) is 8.50. The second-order valence-electron chi connectivity index (χ2n) is 1.53. The molecule has 0 saturated heterocycles. The number of rotatable bonds is 1. The lowest BCUT2D eigenvalue weighted by Crippen LogP contribution is -1.91. The molecule has 0 saturated carbocycles. The van der Waals surface area contributed by atoms with Gasteiger partial charge in [0.15, 0.2) is 0 Å². The van der Waals surface area contributed by atoms with Crippen molar-refractivity contribution >= 4 is 6.16 Å². The lowest BCUT2D eigenvalue weighted by molar-refractivity contribution is 0.137. The summed E-state index contributed by atoms with van der Waals surface area (Å²) in [7, 11) is 0. The van der Waals surface area contributed by atoms with Crippen LogP contribution in [0.3, 0.4) is 0 Å². The van der Waals surface area contributed by atoms with Crippen LogP contribution in [0.15, 0.2) is 11.7 Å². The van der Waals surface area contributed by atoms with Crippen molar-refractivity contribution in [1.29, 1.82) is 0 Å². The van der Waals surface area contributed by atoms with Crippen LogP contribution in [0.1, 0.15) is 6.92 Å². The average molecular weight is 190 g/mol. The fourth-order valence-corrected chi connectivity index (χ4v) is 0.0825. The maximum atomic E-state index is 11.1. The Labute approximate surface area is 64.9 Å². The Kier molecular flexibility index (Phi) is 7.15. The molecule has 72 valence electrons. The van der Waals surface area contributed by atoms with Gasteiger partial charge >= 0.3 is 6.16 Å². The Morgan fingerprint density at radius 3 is 1.50 bits per heavy atom. The van der Waals surface area contributed by atoms with E-state index in [1.165, 1.54) is 0 Å². The molecule has 0 aliphatic carbocycles. The van der Waals surface area contributed by atoms with Gasteiger partial charge in [-0.05, 0) is 6.92 Å². The van der Waals surface area contributed by atoms with Gasteiger partial charge in [-0.2, -0.15) is 8.78 Å². The first-order chi connectivity index (χ1) is 5.29. The summed E-state index contributed by atoms with van der Waals surface area (Å²) in [6.45, 7) is 0.694. The van der Waals surface area contributed by atoms with Crippen LogP contribution in [-0.4, -0.2) is 22.8 Å². The molecule has 12 heavy (non-hydrogen) atoms. The first-order valence-corrected chi connectivity index (χ1v) is 2.50. The summed E-state index contributed by atoms with van der Waals surface area (Å²) >= 11 is 0. The molecule has 0 aromatic carbocycles. The zero-order chi connectivity index (χ0) is 10.3. The number of carbonyl (C=O) groups is 1. The summed E-state index contributed by atoms with van der Waals surface area (Å²) < 4.78 is 44.4. The molecule has 0 spiro atoms. The Hall–Kier alpha value is -1.27. The van der Waals surface area contributed by atoms with Gasteiger partial charge in [-0.1, -0.05) is 0 Å². The molecule has 0 heterocycles. The van der Waals surface area contributed by atoms with E-state index in [4.69, 9.17) is 15.0 Å². The molecule has 0 unspecified atom stereocenters. The molecule has 0 aliphatic heterocycles. The van der Waals surface area contributed by atoms with Gasteiger partial charge in [0.2, 0.25) is 0 Å². The van der Waals surface area contributed by atoms with E-state index >= 15 is 0 Å². The smallest absolute Gasteiger partial charge is 0.450 e. The zero-order valence-electron chi connectivity index (χ0n) is 5.89. The van der Waals surface area contributed by atoms with E-state index in [0.29, 0.717) is 6.92 Å². The number of allylic oxidation sites excluding steroid dienone is 1. The monoisotopic (exact) mass is 190 g/mol. The molecule has 0 radical (unpaired) electrons. The van der Waals surface area contributed by atoms with E-state index < -0.39 is 24.2 Å². The molecule has 3 nitrogen and oxygen atoms in total. The van der Waals surface area contributed by atoms with Gasteiger partial charge in [0.05, 0.1) is 5.57 Å². The topological polar surface area (TPSA) is 57.5 Å². The molecule has 0 aromatic heterocycles. The van der Waals surface area contributed by atoms with E-state index in [9.17, 15) is 17.6 Å². The zero-order valence-corrected chi connectivity index (χ0v) is 5.89. The van der Waals surface area contributed by atoms with Crippen LogP contribution in [0.2, 0.25) is 0 Å². The predicted molar refractivity (Wildman–Crippen MR) is 31.6 cm³/mol. The second-order valence-corrected chi connectivity index (χ2v) is 1.53. The minimum absolute atomic E-state index is 0.694. The first-order valence-electron chi connectivity index (χ1n) is 2.50. The number of hydrogen-bond donors (Lipinski definition) is 2. The van der Waals surface area contributed by atoms with Crippen molar-refractivity contribution in [3.05, 3.63) is 11.7 Å². The van der Waals surface area contributed by atoms with Crippen LogP contribution in [0, 0.1) is 0 Å². The lowest BCUT2D eigenvalue weighted by atomic mass is 10.4. The highest BCUT2D eigenvalue weighted by Gasteiger charge is 2.10. The molecule has 7 heteroatoms. The van der Waals surface area contributed by atoms with E-state index in [0.717, 1.165) is 0 Å². The Balaban J connectivity index is 0. The van der Waals surface area contributed by atoms with Gasteiger partial charge in [0.1, 0.15) is 0 Å². The molecule has 0 aliphatic rings. The SMILES string of the molecule is CC(=C(F)F)C(F)F.O=C(O)O. The van der Waals surface area contributed by atoms with Crippen LogP contribution in [0.4, 0.5) is 22.4 Å². The van der Waals surface area contributed by atoms with Crippen LogP contribution in [-0.2, 0) is 0 Å². The van der Waals surface area contributed by atoms with E-state index in [2.05, 4.69) is 0 Å². The standard InChI is InChI=1S/C4H4F4.CH2O3/c1-2(3(5)6)4(7)8;2-1(3)4/h3H,1H3;(H2,2,3,4). The molecular formula is C5H6F4O3. The van der Waals surface area contributed by atoms with Gasteiger partial charge < -0.3 is 10.2 Å². The van der Waals surface area contributed by atoms with Crippen molar-refractivity contribution < 1.29 is 32.6 Å². The van der Waals surface area contributed by atoms with Crippen molar-refractivity contribution in [3.8, 4) is 0 Å². The number of carboxylic acid groups (broad SMARTS) is 2. The number of alkyl halides is 2. The fourth-order valence-electron chi connectivity index (χ4n) is 0.0825. The van der Waals surface area contributed by atoms with Crippen LogP contribution in [0.25, 0.3) is 0 Å². The summed E-state index contributed by atoms with van der Waals surface area (Å²) in [5.41, 5.74) is -1.15. The van der Waals surface area contributed by atoms with E-state index in [1.807, 2.05) is 0 Å². The van der Waals surface area contributed by atoms with Crippen molar-refractivity contribution in [2.45, 2.75) is 13.3 Å². The average Bonchev–Trinajstić information content (AvgIpc) is 1.84. The van der Waals surface area contributed by atoms with Gasteiger partial charge in [-0.25, -0.2) is 13.6 Å². The van der Waals surface area contributed by atoms with Crippen LogP contribution in [0.5, 0.6) is 0 Å². The summed E-state index contributed by atoms with van der Waals surface area (Å²) in [4.78, 5) is 8.56. The van der Waals surface area contributed by atoms with Crippen molar-refractivity contribution in [2.24, 2.45) is 0 Å². The maximum absolute atomic E-state index is 11.1. The molecule has 0 rings (SSSR count). The molecule has 0 atom stereocenters. The third-order valence-corrected chi connectivity index (χ3v) is 0.625. The van der Waals surface area contributed by atoms with Gasteiger partial charge in [0, 0.05) is 0 Å². The molecule has 2 N–H and O–H groups in total. The highest BCUT2D eigenvalue weighted by Crippen LogP contribution is 2.14. The minimum Gasteiger partial charge on any atom is -0.450 e. The Morgan fingerprint density at radius 1 is 1.25 bits per heavy atom. The molecule has 0 fully saturated rings. The van der Waals surface area contributed by atoms with Gasteiger partial charge in [0.25, 0.3) is 12.5 Å². The summed E-state index contributed by atoms with van der Waals surface area (Å²) in [6, 6.07) is 0. The summed E-state index contributed by atoms with van der Waals surface area (Å²) in [5.74, 6) is 0. The van der Waals surface area contributed by atoms with E-state index in [1.54, 1.807) is 0 Å². The van der Waals surface area contributed by atoms with Crippen LogP contribution >= 0.6 is 0 Å². The molecule has 0 bridgehead atoms. The second kappa shape index (κ2) is 6.44. The minimum atomic E-state index is -3.03. The molecule has 0 aromatic rings. The summed E-state index contributed by atoms with van der Waals surface area (Å²) in [5, 5.41) is 13.9. The quantitative estimate of drug-likeness (QED) is 0.625. The third-order valence-electron chi connectivity index (χ3n) is 0.625. The number of halogens is 4. The molecular weight excluding hydrogens is 184 g/mol. The molecule has 0 amide bonds. The van der Waals surface area contributed by atoms with Crippen LogP contribution < -0.4 is 0 Å². The van der Waals surface area contributed by atoms with E-state index in [-0.39, 0.29) is 0 Å². The van der Waals surface area contributed by atoms with Crippen molar-refractivity contribution in [3.63, 3.8) is 0 Å². The van der Waals surface area contributed by atoms with Crippen molar-refractivity contribution in [2.75, 3.05) is 0 Å². The highest BCUT2D eigenvalue weighted by atomic mass is 19.3. The highest BCUT2D eigenvalue weighted by molar-refractivity contribution is 5.53. The first kappa shape index (κ1) is 13.3. The lowest BCUT2D eigenvalue weighted by Gasteiger charge is -1.92. The third kappa shape index (κ3) is 11.5. The van der Waals surface area contributed by atoms with Gasteiger partial charge in [-0.3, -0.25) is 0 Å².